The van der Waals surface area contributed by atoms with E-state index in [2.05, 4.69) is 20.6 Å². The first-order valence-electron chi connectivity index (χ1n) is 5.41. The molecule has 0 radical (unpaired) electrons. The number of hydrogen-bond donors (Lipinski definition) is 2. The van der Waals surface area contributed by atoms with Crippen molar-refractivity contribution in [1.29, 1.82) is 0 Å². The minimum absolute atomic E-state index is 0.0727. The van der Waals surface area contributed by atoms with Crippen LogP contribution in [-0.2, 0) is 4.79 Å². The molecule has 96 valence electrons. The highest BCUT2D eigenvalue weighted by Gasteiger charge is 2.15. The fourth-order valence-electron chi connectivity index (χ4n) is 1.55. The van der Waals surface area contributed by atoms with Crippen LogP contribution >= 0.6 is 0 Å². The second kappa shape index (κ2) is 4.47. The summed E-state index contributed by atoms with van der Waals surface area (Å²) < 4.78 is 1.13. The predicted molar refractivity (Wildman–Crippen MR) is 65.4 cm³/mol. The normalized spacial score (nSPS) is 12.4. The lowest BCUT2D eigenvalue weighted by molar-refractivity contribution is -0.129. The van der Waals surface area contributed by atoms with Crippen LogP contribution < -0.4 is 11.0 Å². The molecule has 8 nitrogen and oxygen atoms in total. The fourth-order valence-corrected chi connectivity index (χ4v) is 1.55. The van der Waals surface area contributed by atoms with Gasteiger partial charge in [-0.15, -0.1) is 5.10 Å². The largest absolute Gasteiger partial charge is 0.364 e. The van der Waals surface area contributed by atoms with E-state index in [1.807, 2.05) is 0 Å². The number of likely N-dealkylation sites (N-methyl/N-ethyl adjacent to an activating group) is 1. The number of carbonyl (C=O) groups is 1. The van der Waals surface area contributed by atoms with Crippen LogP contribution in [0.4, 0.5) is 5.82 Å². The standard InChI is InChI=1S/C10H14N6O2/c1-6(9(17)15(2)3)11-7-4-5-8-12-13-10(18)16(8)14-7/h4-6H,1-3H3,(H,11,14)(H,13,18). The molecule has 2 N–H and O–H groups in total. The van der Waals surface area contributed by atoms with E-state index in [0.29, 0.717) is 11.5 Å². The first kappa shape index (κ1) is 12.1. The summed E-state index contributed by atoms with van der Waals surface area (Å²) in [4.78, 5) is 24.5. The third-order valence-electron chi connectivity index (χ3n) is 2.45. The molecule has 0 saturated carbocycles. The summed E-state index contributed by atoms with van der Waals surface area (Å²) in [5, 5.41) is 13.0. The Morgan fingerprint density at radius 3 is 2.89 bits per heavy atom. The van der Waals surface area contributed by atoms with Gasteiger partial charge in [0.1, 0.15) is 11.9 Å². The fraction of sp³-hybridized carbons (Fsp3) is 0.400. The lowest BCUT2D eigenvalue weighted by Gasteiger charge is -2.18. The van der Waals surface area contributed by atoms with Gasteiger partial charge < -0.3 is 10.2 Å². The zero-order valence-electron chi connectivity index (χ0n) is 10.3. The molecule has 0 spiro atoms. The van der Waals surface area contributed by atoms with Crippen molar-refractivity contribution in [3.8, 4) is 0 Å². The number of aromatic amines is 1. The van der Waals surface area contributed by atoms with Gasteiger partial charge in [0.15, 0.2) is 5.65 Å². The molecule has 8 heteroatoms. The monoisotopic (exact) mass is 250 g/mol. The Balaban J connectivity index is 2.24. The topological polar surface area (TPSA) is 95.4 Å². The molecule has 1 atom stereocenters. The number of nitrogens with zero attached hydrogens (tertiary/aromatic N) is 4. The van der Waals surface area contributed by atoms with Gasteiger partial charge >= 0.3 is 5.69 Å². The minimum Gasteiger partial charge on any atom is -0.357 e. The first-order chi connectivity index (χ1) is 8.49. The molecular formula is C10H14N6O2. The molecule has 0 saturated heterocycles. The minimum atomic E-state index is -0.424. The van der Waals surface area contributed by atoms with E-state index in [1.54, 1.807) is 33.2 Å². The zero-order chi connectivity index (χ0) is 13.3. The number of fused-ring (bicyclic) bond motifs is 1. The summed E-state index contributed by atoms with van der Waals surface area (Å²) in [6.07, 6.45) is 0. The van der Waals surface area contributed by atoms with E-state index in [9.17, 15) is 9.59 Å². The smallest absolute Gasteiger partial charge is 0.357 e. The Hall–Kier alpha value is -2.38. The van der Waals surface area contributed by atoms with E-state index >= 15 is 0 Å². The van der Waals surface area contributed by atoms with E-state index in [4.69, 9.17) is 0 Å². The molecule has 0 bridgehead atoms. The van der Waals surface area contributed by atoms with Crippen molar-refractivity contribution in [2.24, 2.45) is 0 Å². The van der Waals surface area contributed by atoms with Crippen LogP contribution in [0.2, 0.25) is 0 Å². The van der Waals surface area contributed by atoms with Gasteiger partial charge in [0.25, 0.3) is 0 Å². The first-order valence-corrected chi connectivity index (χ1v) is 5.41. The number of rotatable bonds is 3. The Labute approximate surface area is 103 Å². The number of aromatic nitrogens is 4. The Bertz CT molecular complexity index is 629. The van der Waals surface area contributed by atoms with Crippen molar-refractivity contribution in [2.45, 2.75) is 13.0 Å². The van der Waals surface area contributed by atoms with Crippen LogP contribution in [0.1, 0.15) is 6.92 Å². The highest BCUT2D eigenvalue weighted by molar-refractivity contribution is 5.83. The molecule has 0 aliphatic rings. The molecule has 0 aliphatic heterocycles. The molecule has 0 fully saturated rings. The Morgan fingerprint density at radius 2 is 2.22 bits per heavy atom. The van der Waals surface area contributed by atoms with Crippen molar-refractivity contribution in [3.63, 3.8) is 0 Å². The molecule has 2 rings (SSSR count). The molecule has 0 aliphatic carbocycles. The van der Waals surface area contributed by atoms with Crippen LogP contribution in [0.15, 0.2) is 16.9 Å². The number of anilines is 1. The maximum atomic E-state index is 11.7. The van der Waals surface area contributed by atoms with Gasteiger partial charge in [0.05, 0.1) is 0 Å². The maximum absolute atomic E-state index is 11.7. The average molecular weight is 250 g/mol. The average Bonchev–Trinajstić information content (AvgIpc) is 2.70. The quantitative estimate of drug-likeness (QED) is 0.751. The van der Waals surface area contributed by atoms with Crippen LogP contribution in [0.5, 0.6) is 0 Å². The number of amides is 1. The number of nitrogens with one attached hydrogen (secondary N) is 2. The second-order valence-corrected chi connectivity index (χ2v) is 4.12. The third kappa shape index (κ3) is 2.17. The summed E-state index contributed by atoms with van der Waals surface area (Å²) >= 11 is 0. The molecular weight excluding hydrogens is 236 g/mol. The highest BCUT2D eigenvalue weighted by atomic mass is 16.2. The van der Waals surface area contributed by atoms with Gasteiger partial charge in [-0.05, 0) is 19.1 Å². The predicted octanol–water partition coefficient (Wildman–Crippen LogP) is -0.694. The van der Waals surface area contributed by atoms with Gasteiger partial charge in [-0.1, -0.05) is 0 Å². The number of H-pyrrole nitrogens is 1. The van der Waals surface area contributed by atoms with Crippen LogP contribution in [0.3, 0.4) is 0 Å². The van der Waals surface area contributed by atoms with Crippen LogP contribution in [0, 0.1) is 0 Å². The van der Waals surface area contributed by atoms with Crippen molar-refractivity contribution in [2.75, 3.05) is 19.4 Å². The molecule has 18 heavy (non-hydrogen) atoms. The molecule has 2 aromatic rings. The second-order valence-electron chi connectivity index (χ2n) is 4.12. The van der Waals surface area contributed by atoms with Crippen molar-refractivity contribution >= 4 is 17.4 Å². The van der Waals surface area contributed by atoms with E-state index in [-0.39, 0.29) is 5.91 Å². The van der Waals surface area contributed by atoms with Crippen molar-refractivity contribution < 1.29 is 4.79 Å². The van der Waals surface area contributed by atoms with E-state index < -0.39 is 11.7 Å². The van der Waals surface area contributed by atoms with E-state index in [1.165, 1.54) is 4.90 Å². The summed E-state index contributed by atoms with van der Waals surface area (Å²) in [7, 11) is 3.36. The molecule has 0 aromatic carbocycles. The zero-order valence-corrected chi connectivity index (χ0v) is 10.3. The van der Waals surface area contributed by atoms with Gasteiger partial charge in [-0.3, -0.25) is 4.79 Å². The van der Waals surface area contributed by atoms with Gasteiger partial charge in [-0.2, -0.15) is 9.61 Å². The summed E-state index contributed by atoms with van der Waals surface area (Å²) in [6, 6.07) is 2.88. The summed E-state index contributed by atoms with van der Waals surface area (Å²) in [5.41, 5.74) is 0.0115. The van der Waals surface area contributed by atoms with Crippen LogP contribution in [-0.4, -0.2) is 50.8 Å². The number of carbonyl (C=O) groups excluding carboxylic acids is 1. The summed E-state index contributed by atoms with van der Waals surface area (Å²) in [6.45, 7) is 1.73. The van der Waals surface area contributed by atoms with E-state index in [0.717, 1.165) is 4.52 Å². The lowest BCUT2D eigenvalue weighted by atomic mass is 10.3. The Kier molecular flexibility index (Phi) is 3.00. The lowest BCUT2D eigenvalue weighted by Crippen LogP contribution is -2.37. The summed E-state index contributed by atoms with van der Waals surface area (Å²) in [5.74, 6) is 0.366. The Morgan fingerprint density at radius 1 is 1.50 bits per heavy atom. The van der Waals surface area contributed by atoms with Gasteiger partial charge in [-0.25, -0.2) is 9.89 Å². The third-order valence-corrected chi connectivity index (χ3v) is 2.45. The van der Waals surface area contributed by atoms with Crippen molar-refractivity contribution in [1.82, 2.24) is 24.7 Å². The molecule has 1 unspecified atom stereocenters. The van der Waals surface area contributed by atoms with Crippen LogP contribution in [0.25, 0.3) is 5.65 Å². The van der Waals surface area contributed by atoms with Gasteiger partial charge in [0.2, 0.25) is 5.91 Å². The molecule has 2 aromatic heterocycles. The van der Waals surface area contributed by atoms with Crippen molar-refractivity contribution in [3.05, 3.63) is 22.6 Å². The molecule has 2 heterocycles. The maximum Gasteiger partial charge on any atom is 0.364 e. The molecule has 1 amide bonds. The van der Waals surface area contributed by atoms with Gasteiger partial charge in [0, 0.05) is 14.1 Å². The number of hydrogen-bond acceptors (Lipinski definition) is 5. The SMILES string of the molecule is CC(Nc1ccc2n[nH]c(=O)n2n1)C(=O)N(C)C. The highest BCUT2D eigenvalue weighted by Crippen LogP contribution is 2.05.